The molecule has 1 atom stereocenters. The standard InChI is InChI=1S/C23H19F3N6O/c1-30-9-14(19-21(27)28-11-29-22(19)30)13-7-6-12(8-17(13)26)32-10-18(31(2)23(32)33)20-15(24)4-3-5-16(20)25/h3-9,11,18H,10H2,1-2H3,(H2,27,28,29). The third-order valence-electron chi connectivity index (χ3n) is 6.03. The Hall–Kier alpha value is -4.08. The lowest BCUT2D eigenvalue weighted by atomic mass is 10.0. The SMILES string of the molecule is CN1C(=O)N(c2ccc(-c3cn(C)c4ncnc(N)c34)c(F)c2)CC1c1c(F)cccc1F. The van der Waals surface area contributed by atoms with Crippen LogP contribution in [0.25, 0.3) is 22.2 Å². The maximum absolute atomic E-state index is 15.3. The lowest BCUT2D eigenvalue weighted by molar-refractivity contribution is 0.217. The molecule has 10 heteroatoms. The Bertz CT molecular complexity index is 1400. The van der Waals surface area contributed by atoms with Crippen LogP contribution in [0.5, 0.6) is 0 Å². The number of urea groups is 1. The van der Waals surface area contributed by atoms with E-state index in [1.165, 1.54) is 41.4 Å². The van der Waals surface area contributed by atoms with Gasteiger partial charge in [-0.25, -0.2) is 27.9 Å². The van der Waals surface area contributed by atoms with Crippen molar-refractivity contribution >= 4 is 28.6 Å². The highest BCUT2D eigenvalue weighted by Gasteiger charge is 2.39. The smallest absolute Gasteiger partial charge is 0.324 e. The molecule has 0 aliphatic carbocycles. The van der Waals surface area contributed by atoms with Crippen molar-refractivity contribution in [2.45, 2.75) is 6.04 Å². The van der Waals surface area contributed by atoms with Crippen molar-refractivity contribution in [1.82, 2.24) is 19.4 Å². The Morgan fingerprint density at radius 1 is 1.00 bits per heavy atom. The largest absolute Gasteiger partial charge is 0.383 e. The zero-order valence-corrected chi connectivity index (χ0v) is 17.8. The number of nitrogens with zero attached hydrogens (tertiary/aromatic N) is 5. The fourth-order valence-corrected chi connectivity index (χ4v) is 4.36. The van der Waals surface area contributed by atoms with Gasteiger partial charge in [-0.2, -0.15) is 0 Å². The van der Waals surface area contributed by atoms with Crippen LogP contribution in [-0.4, -0.2) is 39.1 Å². The van der Waals surface area contributed by atoms with Gasteiger partial charge in [0, 0.05) is 42.7 Å². The van der Waals surface area contributed by atoms with Crippen LogP contribution in [0, 0.1) is 17.5 Å². The molecule has 3 heterocycles. The van der Waals surface area contributed by atoms with E-state index in [-0.39, 0.29) is 29.2 Å². The maximum Gasteiger partial charge on any atom is 0.324 e. The number of benzene rings is 2. The lowest BCUT2D eigenvalue weighted by Gasteiger charge is -2.19. The number of aromatic nitrogens is 3. The number of fused-ring (bicyclic) bond motifs is 1. The third-order valence-corrected chi connectivity index (χ3v) is 6.03. The van der Waals surface area contributed by atoms with Crippen molar-refractivity contribution in [3.05, 3.63) is 71.9 Å². The summed E-state index contributed by atoms with van der Waals surface area (Å²) in [6.45, 7) is -0.0268. The van der Waals surface area contributed by atoms with E-state index in [4.69, 9.17) is 5.73 Å². The predicted molar refractivity (Wildman–Crippen MR) is 118 cm³/mol. The van der Waals surface area contributed by atoms with Crippen molar-refractivity contribution in [3.63, 3.8) is 0 Å². The molecular formula is C23H19F3N6O. The molecule has 0 spiro atoms. The van der Waals surface area contributed by atoms with Crippen LogP contribution in [0.3, 0.4) is 0 Å². The molecule has 0 radical (unpaired) electrons. The summed E-state index contributed by atoms with van der Waals surface area (Å²) >= 11 is 0. The van der Waals surface area contributed by atoms with Gasteiger partial charge in [0.15, 0.2) is 0 Å². The van der Waals surface area contributed by atoms with E-state index in [0.29, 0.717) is 16.6 Å². The first kappa shape index (κ1) is 20.8. The molecule has 4 aromatic rings. The Balaban J connectivity index is 1.53. The number of carbonyl (C=O) groups excluding carboxylic acids is 1. The summed E-state index contributed by atoms with van der Waals surface area (Å²) in [4.78, 5) is 23.6. The average molecular weight is 452 g/mol. The van der Waals surface area contributed by atoms with Gasteiger partial charge in [-0.3, -0.25) is 4.90 Å². The molecule has 7 nitrogen and oxygen atoms in total. The number of aryl methyl sites for hydroxylation is 1. The highest BCUT2D eigenvalue weighted by molar-refractivity contribution is 6.01. The number of anilines is 2. The zero-order valence-electron chi connectivity index (χ0n) is 17.8. The first-order valence-corrected chi connectivity index (χ1v) is 10.1. The van der Waals surface area contributed by atoms with E-state index < -0.39 is 29.5 Å². The number of likely N-dealkylation sites (N-methyl/N-ethyl adjacent to an activating group) is 1. The van der Waals surface area contributed by atoms with Crippen molar-refractivity contribution < 1.29 is 18.0 Å². The summed E-state index contributed by atoms with van der Waals surface area (Å²) in [6, 6.07) is 6.57. The number of halogens is 3. The van der Waals surface area contributed by atoms with Crippen LogP contribution in [0.15, 0.2) is 48.9 Å². The van der Waals surface area contributed by atoms with E-state index in [9.17, 15) is 13.6 Å². The van der Waals surface area contributed by atoms with E-state index in [0.717, 1.165) is 12.1 Å². The Kier molecular flexibility index (Phi) is 4.73. The highest BCUT2D eigenvalue weighted by atomic mass is 19.1. The van der Waals surface area contributed by atoms with Crippen LogP contribution in [0.2, 0.25) is 0 Å². The molecular weight excluding hydrogens is 433 g/mol. The molecule has 0 bridgehead atoms. The van der Waals surface area contributed by atoms with E-state index >= 15 is 4.39 Å². The van der Waals surface area contributed by atoms with E-state index in [1.807, 2.05) is 0 Å². The minimum absolute atomic E-state index is 0.0268. The van der Waals surface area contributed by atoms with Gasteiger partial charge in [0.1, 0.15) is 35.2 Å². The van der Waals surface area contributed by atoms with Gasteiger partial charge >= 0.3 is 6.03 Å². The fraction of sp³-hybridized carbons (Fsp3) is 0.174. The number of rotatable bonds is 3. The first-order valence-electron chi connectivity index (χ1n) is 10.1. The van der Waals surface area contributed by atoms with Gasteiger partial charge in [-0.1, -0.05) is 6.07 Å². The molecule has 0 saturated carbocycles. The summed E-state index contributed by atoms with van der Waals surface area (Å²) in [5, 5.41) is 0.527. The molecule has 1 fully saturated rings. The molecule has 2 aromatic carbocycles. The van der Waals surface area contributed by atoms with Gasteiger partial charge < -0.3 is 15.2 Å². The molecule has 1 unspecified atom stereocenters. The second kappa shape index (κ2) is 7.51. The molecule has 2 N–H and O–H groups in total. The van der Waals surface area contributed by atoms with Crippen LogP contribution in [0.4, 0.5) is 29.5 Å². The van der Waals surface area contributed by atoms with Crippen LogP contribution < -0.4 is 10.6 Å². The maximum atomic E-state index is 15.3. The second-order valence-corrected chi connectivity index (χ2v) is 7.93. The molecule has 2 amide bonds. The molecule has 168 valence electrons. The summed E-state index contributed by atoms with van der Waals surface area (Å²) < 4.78 is 45.6. The Morgan fingerprint density at radius 3 is 2.42 bits per heavy atom. The number of carbonyl (C=O) groups is 1. The zero-order chi connectivity index (χ0) is 23.4. The topological polar surface area (TPSA) is 80.3 Å². The van der Waals surface area contributed by atoms with Gasteiger partial charge in [0.2, 0.25) is 0 Å². The summed E-state index contributed by atoms with van der Waals surface area (Å²) in [7, 11) is 3.23. The number of nitrogen functional groups attached to an aromatic ring is 1. The summed E-state index contributed by atoms with van der Waals surface area (Å²) in [5.41, 5.74) is 7.44. The van der Waals surface area contributed by atoms with Crippen molar-refractivity contribution in [3.8, 4) is 11.1 Å². The quantitative estimate of drug-likeness (QED) is 0.504. The van der Waals surface area contributed by atoms with Crippen molar-refractivity contribution in [2.75, 3.05) is 24.2 Å². The van der Waals surface area contributed by atoms with Crippen LogP contribution in [-0.2, 0) is 7.05 Å². The van der Waals surface area contributed by atoms with Gasteiger partial charge in [-0.15, -0.1) is 0 Å². The summed E-state index contributed by atoms with van der Waals surface area (Å²) in [5.74, 6) is -1.83. The second-order valence-electron chi connectivity index (χ2n) is 7.93. The van der Waals surface area contributed by atoms with E-state index in [1.54, 1.807) is 23.9 Å². The lowest BCUT2D eigenvalue weighted by Crippen LogP contribution is -2.29. The third kappa shape index (κ3) is 3.17. The predicted octanol–water partition coefficient (Wildman–Crippen LogP) is 4.25. The number of nitrogens with two attached hydrogens (primary N) is 1. The molecule has 5 rings (SSSR count). The average Bonchev–Trinajstić information content (AvgIpc) is 3.26. The fourth-order valence-electron chi connectivity index (χ4n) is 4.36. The minimum atomic E-state index is -0.851. The monoisotopic (exact) mass is 452 g/mol. The highest BCUT2D eigenvalue weighted by Crippen LogP contribution is 2.38. The first-order chi connectivity index (χ1) is 15.8. The summed E-state index contributed by atoms with van der Waals surface area (Å²) in [6.07, 6.45) is 3.05. The molecule has 2 aromatic heterocycles. The molecule has 33 heavy (non-hydrogen) atoms. The Labute approximate surface area is 186 Å². The molecule has 1 saturated heterocycles. The van der Waals surface area contributed by atoms with Crippen LogP contribution >= 0.6 is 0 Å². The van der Waals surface area contributed by atoms with E-state index in [2.05, 4.69) is 9.97 Å². The van der Waals surface area contributed by atoms with Crippen LogP contribution in [0.1, 0.15) is 11.6 Å². The van der Waals surface area contributed by atoms with Crippen molar-refractivity contribution in [2.24, 2.45) is 7.05 Å². The molecule has 1 aliphatic rings. The number of amides is 2. The Morgan fingerprint density at radius 2 is 1.73 bits per heavy atom. The minimum Gasteiger partial charge on any atom is -0.383 e. The normalized spacial score (nSPS) is 16.3. The molecule has 1 aliphatic heterocycles. The number of hydrogen-bond acceptors (Lipinski definition) is 4. The van der Waals surface area contributed by atoms with Gasteiger partial charge in [-0.05, 0) is 30.3 Å². The van der Waals surface area contributed by atoms with Gasteiger partial charge in [0.25, 0.3) is 0 Å². The number of hydrogen-bond donors (Lipinski definition) is 1. The van der Waals surface area contributed by atoms with Gasteiger partial charge in [0.05, 0.1) is 18.0 Å². The van der Waals surface area contributed by atoms with Crippen molar-refractivity contribution in [1.29, 1.82) is 0 Å².